The van der Waals surface area contributed by atoms with Gasteiger partial charge in [0.05, 0.1) is 5.56 Å². The molecule has 1 amide bonds. The third kappa shape index (κ3) is 5.02. The monoisotopic (exact) mass is 305 g/mol. The van der Waals surface area contributed by atoms with E-state index in [9.17, 15) is 9.90 Å². The Balaban J connectivity index is 1.74. The Morgan fingerprint density at radius 1 is 1.32 bits per heavy atom. The average molecular weight is 305 g/mol. The van der Waals surface area contributed by atoms with E-state index in [-0.39, 0.29) is 5.91 Å². The first-order valence-electron chi connectivity index (χ1n) is 8.36. The van der Waals surface area contributed by atoms with E-state index >= 15 is 0 Å². The Morgan fingerprint density at radius 2 is 2.05 bits per heavy atom. The van der Waals surface area contributed by atoms with Gasteiger partial charge in [-0.05, 0) is 24.5 Å². The molecule has 0 heterocycles. The maximum Gasteiger partial charge on any atom is 0.254 e. The van der Waals surface area contributed by atoms with Crippen molar-refractivity contribution in [1.29, 1.82) is 0 Å². The summed E-state index contributed by atoms with van der Waals surface area (Å²) in [6.07, 6.45) is 8.63. The number of para-hydroxylation sites is 1. The van der Waals surface area contributed by atoms with Crippen LogP contribution in [0.1, 0.15) is 61.7 Å². The highest BCUT2D eigenvalue weighted by Crippen LogP contribution is 2.29. The Bertz CT molecular complexity index is 469. The van der Waals surface area contributed by atoms with Crippen LogP contribution in [-0.2, 0) is 0 Å². The molecule has 0 spiro atoms. The molecule has 4 nitrogen and oxygen atoms in total. The third-order valence-electron chi connectivity index (χ3n) is 4.41. The highest BCUT2D eigenvalue weighted by molar-refractivity contribution is 5.96. The number of aliphatic hydroxyl groups excluding tert-OH is 1. The minimum absolute atomic E-state index is 0.205. The van der Waals surface area contributed by atoms with Gasteiger partial charge in [-0.2, -0.15) is 0 Å². The van der Waals surface area contributed by atoms with Crippen molar-refractivity contribution in [3.05, 3.63) is 29.8 Å². The summed E-state index contributed by atoms with van der Waals surface area (Å²) in [5.41, 5.74) is 0.454. The molecule has 1 fully saturated rings. The number of benzene rings is 1. The van der Waals surface area contributed by atoms with Gasteiger partial charge in [0, 0.05) is 13.5 Å². The SMILES string of the molecule is CNC(=O)c1ccccc1OC(O)CCCCC1CCCC1. The van der Waals surface area contributed by atoms with Gasteiger partial charge in [0.15, 0.2) is 6.29 Å². The highest BCUT2D eigenvalue weighted by Gasteiger charge is 2.16. The summed E-state index contributed by atoms with van der Waals surface area (Å²) in [5, 5.41) is 12.6. The summed E-state index contributed by atoms with van der Waals surface area (Å²) in [7, 11) is 1.58. The first-order valence-corrected chi connectivity index (χ1v) is 8.36. The largest absolute Gasteiger partial charge is 0.464 e. The number of hydrogen-bond acceptors (Lipinski definition) is 3. The lowest BCUT2D eigenvalue weighted by atomic mass is 10.00. The molecule has 1 unspecified atom stereocenters. The molecule has 2 rings (SSSR count). The maximum atomic E-state index is 11.8. The minimum atomic E-state index is -0.852. The molecule has 0 radical (unpaired) electrons. The summed E-state index contributed by atoms with van der Waals surface area (Å²) in [6.45, 7) is 0. The first-order chi connectivity index (χ1) is 10.7. The second kappa shape index (κ2) is 8.79. The van der Waals surface area contributed by atoms with E-state index in [0.29, 0.717) is 17.7 Å². The molecule has 2 N–H and O–H groups in total. The minimum Gasteiger partial charge on any atom is -0.464 e. The first kappa shape index (κ1) is 16.8. The molecule has 0 aromatic heterocycles. The van der Waals surface area contributed by atoms with E-state index < -0.39 is 6.29 Å². The number of unbranched alkanes of at least 4 members (excludes halogenated alkanes) is 1. The number of rotatable bonds is 8. The van der Waals surface area contributed by atoms with Crippen molar-refractivity contribution in [2.24, 2.45) is 5.92 Å². The van der Waals surface area contributed by atoms with Gasteiger partial charge < -0.3 is 15.2 Å². The fraction of sp³-hybridized carbons (Fsp3) is 0.611. The second-order valence-electron chi connectivity index (χ2n) is 6.08. The number of aliphatic hydroxyl groups is 1. The smallest absolute Gasteiger partial charge is 0.254 e. The van der Waals surface area contributed by atoms with Crippen molar-refractivity contribution in [1.82, 2.24) is 5.32 Å². The van der Waals surface area contributed by atoms with Crippen LogP contribution < -0.4 is 10.1 Å². The van der Waals surface area contributed by atoms with E-state index in [2.05, 4.69) is 5.32 Å². The molecule has 22 heavy (non-hydrogen) atoms. The number of hydrogen-bond donors (Lipinski definition) is 2. The molecular formula is C18H27NO3. The molecule has 0 saturated heterocycles. The number of amides is 1. The van der Waals surface area contributed by atoms with E-state index in [4.69, 9.17) is 4.74 Å². The van der Waals surface area contributed by atoms with Crippen LogP contribution >= 0.6 is 0 Å². The summed E-state index contributed by atoms with van der Waals surface area (Å²) in [6, 6.07) is 6.99. The van der Waals surface area contributed by atoms with E-state index in [1.165, 1.54) is 32.1 Å². The second-order valence-corrected chi connectivity index (χ2v) is 6.08. The van der Waals surface area contributed by atoms with Crippen LogP contribution in [0.5, 0.6) is 5.75 Å². The zero-order chi connectivity index (χ0) is 15.8. The van der Waals surface area contributed by atoms with Crippen LogP contribution in [0, 0.1) is 5.92 Å². The van der Waals surface area contributed by atoms with Crippen molar-refractivity contribution in [2.75, 3.05) is 7.05 Å². The Hall–Kier alpha value is -1.55. The zero-order valence-corrected chi connectivity index (χ0v) is 13.4. The van der Waals surface area contributed by atoms with Crippen LogP contribution in [0.4, 0.5) is 0 Å². The summed E-state index contributed by atoms with van der Waals surface area (Å²) >= 11 is 0. The molecular weight excluding hydrogens is 278 g/mol. The topological polar surface area (TPSA) is 58.6 Å². The van der Waals surface area contributed by atoms with Crippen LogP contribution in [0.15, 0.2) is 24.3 Å². The number of nitrogens with one attached hydrogen (secondary N) is 1. The van der Waals surface area contributed by atoms with Gasteiger partial charge >= 0.3 is 0 Å². The Labute approximate surface area is 132 Å². The quantitative estimate of drug-likeness (QED) is 0.571. The Morgan fingerprint density at radius 3 is 2.77 bits per heavy atom. The van der Waals surface area contributed by atoms with Crippen molar-refractivity contribution < 1.29 is 14.6 Å². The molecule has 1 saturated carbocycles. The third-order valence-corrected chi connectivity index (χ3v) is 4.41. The van der Waals surface area contributed by atoms with Gasteiger partial charge in [-0.15, -0.1) is 0 Å². The Kier molecular flexibility index (Phi) is 6.72. The van der Waals surface area contributed by atoms with Gasteiger partial charge in [-0.1, -0.05) is 50.7 Å². The predicted octanol–water partition coefficient (Wildman–Crippen LogP) is 3.49. The molecule has 1 aromatic rings. The van der Waals surface area contributed by atoms with Crippen LogP contribution in [-0.4, -0.2) is 24.4 Å². The molecule has 1 aliphatic rings. The lowest BCUT2D eigenvalue weighted by Gasteiger charge is -2.16. The maximum absolute atomic E-state index is 11.8. The van der Waals surface area contributed by atoms with Gasteiger partial charge in [-0.3, -0.25) is 4.79 Å². The normalized spacial score (nSPS) is 16.5. The summed E-state index contributed by atoms with van der Waals surface area (Å²) in [4.78, 5) is 11.8. The lowest BCUT2D eigenvalue weighted by molar-refractivity contribution is -0.0251. The molecule has 0 aliphatic heterocycles. The van der Waals surface area contributed by atoms with Gasteiger partial charge in [0.2, 0.25) is 0 Å². The standard InChI is InChI=1S/C18H27NO3/c1-19-18(21)15-11-5-6-12-16(15)22-17(20)13-7-4-10-14-8-2-3-9-14/h5-6,11-12,14,17,20H,2-4,7-10,13H2,1H3,(H,19,21). The fourth-order valence-corrected chi connectivity index (χ4v) is 3.15. The molecule has 1 aliphatic carbocycles. The van der Waals surface area contributed by atoms with Crippen molar-refractivity contribution in [2.45, 2.75) is 57.7 Å². The van der Waals surface area contributed by atoms with Gasteiger partial charge in [0.25, 0.3) is 5.91 Å². The van der Waals surface area contributed by atoms with Crippen LogP contribution in [0.2, 0.25) is 0 Å². The highest BCUT2D eigenvalue weighted by atomic mass is 16.6. The van der Waals surface area contributed by atoms with E-state index in [1.807, 2.05) is 0 Å². The number of ether oxygens (including phenoxy) is 1. The lowest BCUT2D eigenvalue weighted by Crippen LogP contribution is -2.21. The van der Waals surface area contributed by atoms with E-state index in [0.717, 1.165) is 18.8 Å². The van der Waals surface area contributed by atoms with Crippen molar-refractivity contribution in [3.8, 4) is 5.75 Å². The zero-order valence-electron chi connectivity index (χ0n) is 13.4. The number of carbonyl (C=O) groups is 1. The van der Waals surface area contributed by atoms with Gasteiger partial charge in [0.1, 0.15) is 5.75 Å². The van der Waals surface area contributed by atoms with Crippen molar-refractivity contribution >= 4 is 5.91 Å². The molecule has 122 valence electrons. The predicted molar refractivity (Wildman–Crippen MR) is 86.9 cm³/mol. The molecule has 0 bridgehead atoms. The van der Waals surface area contributed by atoms with E-state index in [1.54, 1.807) is 31.3 Å². The average Bonchev–Trinajstić information content (AvgIpc) is 3.05. The molecule has 1 atom stereocenters. The van der Waals surface area contributed by atoms with Crippen LogP contribution in [0.3, 0.4) is 0 Å². The van der Waals surface area contributed by atoms with Gasteiger partial charge in [-0.25, -0.2) is 0 Å². The van der Waals surface area contributed by atoms with Crippen LogP contribution in [0.25, 0.3) is 0 Å². The summed E-state index contributed by atoms with van der Waals surface area (Å²) in [5.74, 6) is 1.13. The number of carbonyl (C=O) groups excluding carboxylic acids is 1. The summed E-state index contributed by atoms with van der Waals surface area (Å²) < 4.78 is 5.54. The fourth-order valence-electron chi connectivity index (χ4n) is 3.15. The molecule has 4 heteroatoms. The molecule has 1 aromatic carbocycles. The van der Waals surface area contributed by atoms with Crippen molar-refractivity contribution in [3.63, 3.8) is 0 Å².